The van der Waals surface area contributed by atoms with Crippen molar-refractivity contribution >= 4 is 39.3 Å². The van der Waals surface area contributed by atoms with Crippen LogP contribution < -0.4 is 5.32 Å². The largest absolute Gasteiger partial charge is 0.308 e. The van der Waals surface area contributed by atoms with Crippen LogP contribution in [0.1, 0.15) is 5.56 Å². The van der Waals surface area contributed by atoms with Gasteiger partial charge in [0.25, 0.3) is 0 Å². The average molecular weight is 293 g/mol. The zero-order chi connectivity index (χ0) is 9.97. The van der Waals surface area contributed by atoms with Gasteiger partial charge in [-0.1, -0.05) is 33.6 Å². The van der Waals surface area contributed by atoms with Crippen molar-refractivity contribution in [3.8, 4) is 0 Å². The maximum Gasteiger partial charge on any atom is 0.0462 e. The molecule has 0 atom stereocenters. The number of hydrogen-bond donors (Lipinski definition) is 1. The number of thioether (sulfide) groups is 1. The molecule has 14 heavy (non-hydrogen) atoms. The molecule has 1 N–H and O–H groups in total. The van der Waals surface area contributed by atoms with Gasteiger partial charge in [-0.3, -0.25) is 0 Å². The maximum absolute atomic E-state index is 6.10. The van der Waals surface area contributed by atoms with Crippen molar-refractivity contribution in [2.24, 2.45) is 0 Å². The van der Waals surface area contributed by atoms with Crippen LogP contribution in [0.2, 0.25) is 5.02 Å². The van der Waals surface area contributed by atoms with Gasteiger partial charge < -0.3 is 5.32 Å². The van der Waals surface area contributed by atoms with E-state index in [-0.39, 0.29) is 0 Å². The smallest absolute Gasteiger partial charge is 0.0462 e. The lowest BCUT2D eigenvalue weighted by molar-refractivity contribution is 0.583. The van der Waals surface area contributed by atoms with Crippen LogP contribution in [0.5, 0.6) is 0 Å². The van der Waals surface area contributed by atoms with Gasteiger partial charge in [-0.25, -0.2) is 0 Å². The fraction of sp³-hybridized carbons (Fsp3) is 0.400. The van der Waals surface area contributed by atoms with Crippen LogP contribution in [0.15, 0.2) is 22.7 Å². The first-order chi connectivity index (χ1) is 6.75. The van der Waals surface area contributed by atoms with Crippen molar-refractivity contribution in [2.45, 2.75) is 12.6 Å². The first kappa shape index (κ1) is 10.8. The molecule has 1 aliphatic heterocycles. The highest BCUT2D eigenvalue weighted by atomic mass is 79.9. The van der Waals surface area contributed by atoms with Crippen LogP contribution in [0, 0.1) is 0 Å². The SMILES string of the molecule is Clc1cc(Br)ccc1CNC1CSC1. The van der Waals surface area contributed by atoms with E-state index >= 15 is 0 Å². The molecule has 0 spiro atoms. The van der Waals surface area contributed by atoms with Crippen molar-refractivity contribution in [1.29, 1.82) is 0 Å². The monoisotopic (exact) mass is 291 g/mol. The highest BCUT2D eigenvalue weighted by Gasteiger charge is 2.17. The van der Waals surface area contributed by atoms with E-state index in [9.17, 15) is 0 Å². The molecule has 2 rings (SSSR count). The van der Waals surface area contributed by atoms with E-state index in [0.717, 1.165) is 16.0 Å². The highest BCUT2D eigenvalue weighted by molar-refractivity contribution is 9.10. The lowest BCUT2D eigenvalue weighted by Crippen LogP contribution is -2.39. The van der Waals surface area contributed by atoms with E-state index in [1.807, 2.05) is 23.9 Å². The predicted molar refractivity (Wildman–Crippen MR) is 67.1 cm³/mol. The van der Waals surface area contributed by atoms with Gasteiger partial charge in [-0.15, -0.1) is 0 Å². The lowest BCUT2D eigenvalue weighted by atomic mass is 10.2. The summed E-state index contributed by atoms with van der Waals surface area (Å²) in [6.07, 6.45) is 0. The van der Waals surface area contributed by atoms with Crippen LogP contribution in [-0.2, 0) is 6.54 Å². The number of nitrogens with one attached hydrogen (secondary N) is 1. The summed E-state index contributed by atoms with van der Waals surface area (Å²) < 4.78 is 1.03. The molecule has 1 aromatic rings. The summed E-state index contributed by atoms with van der Waals surface area (Å²) in [6, 6.07) is 6.71. The van der Waals surface area contributed by atoms with Gasteiger partial charge in [0.1, 0.15) is 0 Å². The van der Waals surface area contributed by atoms with E-state index in [2.05, 4.69) is 27.3 Å². The Morgan fingerprint density at radius 1 is 1.50 bits per heavy atom. The van der Waals surface area contributed by atoms with Gasteiger partial charge in [0.05, 0.1) is 0 Å². The molecule has 1 heterocycles. The third-order valence-corrected chi connectivity index (χ3v) is 4.36. The molecule has 0 amide bonds. The molecular formula is C10H11BrClNS. The molecule has 4 heteroatoms. The van der Waals surface area contributed by atoms with Crippen LogP contribution >= 0.6 is 39.3 Å². The Hall–Kier alpha value is 0.300. The highest BCUT2D eigenvalue weighted by Crippen LogP contribution is 2.22. The van der Waals surface area contributed by atoms with Crippen molar-refractivity contribution in [3.05, 3.63) is 33.3 Å². The summed E-state index contributed by atoms with van der Waals surface area (Å²) in [5.41, 5.74) is 1.17. The summed E-state index contributed by atoms with van der Waals surface area (Å²) in [7, 11) is 0. The van der Waals surface area contributed by atoms with Gasteiger partial charge in [0.2, 0.25) is 0 Å². The Kier molecular flexibility index (Phi) is 3.77. The van der Waals surface area contributed by atoms with Gasteiger partial charge >= 0.3 is 0 Å². The van der Waals surface area contributed by atoms with E-state index in [0.29, 0.717) is 6.04 Å². The van der Waals surface area contributed by atoms with E-state index in [1.165, 1.54) is 17.1 Å². The fourth-order valence-electron chi connectivity index (χ4n) is 1.27. The minimum absolute atomic E-state index is 0.680. The first-order valence-corrected chi connectivity index (χ1v) is 6.83. The fourth-order valence-corrected chi connectivity index (χ4v) is 2.72. The summed E-state index contributed by atoms with van der Waals surface area (Å²) in [5, 5.41) is 4.31. The second-order valence-corrected chi connectivity index (χ2v) is 5.75. The summed E-state index contributed by atoms with van der Waals surface area (Å²) in [5.74, 6) is 2.46. The van der Waals surface area contributed by atoms with Gasteiger partial charge in [-0.05, 0) is 17.7 Å². The third kappa shape index (κ3) is 2.66. The Morgan fingerprint density at radius 2 is 2.29 bits per heavy atom. The molecule has 76 valence electrons. The number of halogens is 2. The predicted octanol–water partition coefficient (Wildman–Crippen LogP) is 3.31. The van der Waals surface area contributed by atoms with E-state index < -0.39 is 0 Å². The standard InChI is InChI=1S/C10H11BrClNS/c11-8-2-1-7(10(12)3-8)4-13-9-5-14-6-9/h1-3,9,13H,4-6H2. The first-order valence-electron chi connectivity index (χ1n) is 4.51. The second-order valence-electron chi connectivity index (χ2n) is 3.35. The molecule has 0 aliphatic carbocycles. The summed E-state index contributed by atoms with van der Waals surface area (Å²) in [4.78, 5) is 0. The van der Waals surface area contributed by atoms with Crippen molar-refractivity contribution in [1.82, 2.24) is 5.32 Å². The van der Waals surface area contributed by atoms with Crippen molar-refractivity contribution < 1.29 is 0 Å². The van der Waals surface area contributed by atoms with E-state index in [4.69, 9.17) is 11.6 Å². The number of hydrogen-bond acceptors (Lipinski definition) is 2. The van der Waals surface area contributed by atoms with E-state index in [1.54, 1.807) is 0 Å². The number of rotatable bonds is 3. The molecule has 1 saturated heterocycles. The molecule has 0 aromatic heterocycles. The molecule has 0 bridgehead atoms. The van der Waals surface area contributed by atoms with Crippen molar-refractivity contribution in [3.63, 3.8) is 0 Å². The Morgan fingerprint density at radius 3 is 2.86 bits per heavy atom. The molecule has 1 nitrogen and oxygen atoms in total. The van der Waals surface area contributed by atoms with Crippen molar-refractivity contribution in [2.75, 3.05) is 11.5 Å². The quantitative estimate of drug-likeness (QED) is 0.917. The van der Waals surface area contributed by atoms with Crippen LogP contribution in [0.3, 0.4) is 0 Å². The molecular weight excluding hydrogens is 282 g/mol. The topological polar surface area (TPSA) is 12.0 Å². The van der Waals surface area contributed by atoms with Crippen LogP contribution in [0.25, 0.3) is 0 Å². The second kappa shape index (κ2) is 4.88. The van der Waals surface area contributed by atoms with Crippen LogP contribution in [0.4, 0.5) is 0 Å². The summed E-state index contributed by atoms with van der Waals surface area (Å²) in [6.45, 7) is 0.872. The van der Waals surface area contributed by atoms with Crippen LogP contribution in [-0.4, -0.2) is 17.5 Å². The Balaban J connectivity index is 1.94. The normalized spacial score (nSPS) is 16.7. The molecule has 1 fully saturated rings. The zero-order valence-electron chi connectivity index (χ0n) is 7.59. The Labute approximate surface area is 102 Å². The van der Waals surface area contributed by atoms with Gasteiger partial charge in [0.15, 0.2) is 0 Å². The molecule has 0 radical (unpaired) electrons. The number of benzene rings is 1. The summed E-state index contributed by atoms with van der Waals surface area (Å²) >= 11 is 11.5. The zero-order valence-corrected chi connectivity index (χ0v) is 10.8. The average Bonchev–Trinajstić information content (AvgIpc) is 2.05. The lowest BCUT2D eigenvalue weighted by Gasteiger charge is -2.26. The van der Waals surface area contributed by atoms with Gasteiger partial charge in [-0.2, -0.15) is 11.8 Å². The molecule has 0 saturated carbocycles. The Bertz CT molecular complexity index is 328. The third-order valence-electron chi connectivity index (χ3n) is 2.23. The minimum Gasteiger partial charge on any atom is -0.308 e. The minimum atomic E-state index is 0.680. The molecule has 1 aromatic carbocycles. The van der Waals surface area contributed by atoms with Gasteiger partial charge in [0, 0.05) is 33.6 Å². The molecule has 0 unspecified atom stereocenters. The maximum atomic E-state index is 6.10. The molecule has 1 aliphatic rings.